The summed E-state index contributed by atoms with van der Waals surface area (Å²) in [4.78, 5) is 10.2. The van der Waals surface area contributed by atoms with Gasteiger partial charge in [0, 0.05) is 10.4 Å². The van der Waals surface area contributed by atoms with Crippen LogP contribution >= 0.6 is 11.6 Å². The quantitative estimate of drug-likeness (QED) is 0.618. The number of para-hydroxylation sites is 1. The Morgan fingerprint density at radius 3 is 2.74 bits per heavy atom. The summed E-state index contributed by atoms with van der Waals surface area (Å²) >= 11 is 6.11. The number of anilines is 1. The molecule has 1 saturated heterocycles. The largest absolute Gasteiger partial charge is 0.370 e. The van der Waals surface area contributed by atoms with Gasteiger partial charge in [0.25, 0.3) is 6.43 Å². The first kappa shape index (κ1) is 18.1. The third-order valence-corrected chi connectivity index (χ3v) is 4.96. The van der Waals surface area contributed by atoms with E-state index < -0.39 is 12.2 Å². The zero-order valence-electron chi connectivity index (χ0n) is 14.6. The third-order valence-electron chi connectivity index (χ3n) is 4.72. The van der Waals surface area contributed by atoms with E-state index in [1.165, 1.54) is 0 Å². The Morgan fingerprint density at radius 1 is 1.15 bits per heavy atom. The number of rotatable bonds is 3. The standard InChI is InChI=1S/C20H18ClF2N3O/c1-12-11-27-17(13-5-4-6-14(21)9-13)10-26(12)20-15-7-2-3-8-16(15)24-19(25-20)18(22)23/h2-9,12,17-18H,10-11H2,1H3. The number of nitrogens with zero attached hydrogens (tertiary/aromatic N) is 3. The third kappa shape index (κ3) is 3.59. The van der Waals surface area contributed by atoms with Crippen LogP contribution in [0.1, 0.15) is 30.8 Å². The SMILES string of the molecule is CC1COC(c2cccc(Cl)c2)CN1c1nc(C(F)F)nc2ccccc12. The van der Waals surface area contributed by atoms with Gasteiger partial charge in [-0.3, -0.25) is 0 Å². The van der Waals surface area contributed by atoms with Crippen molar-refractivity contribution >= 4 is 28.3 Å². The second kappa shape index (κ2) is 7.37. The minimum Gasteiger partial charge on any atom is -0.370 e. The fraction of sp³-hybridized carbons (Fsp3) is 0.300. The van der Waals surface area contributed by atoms with E-state index in [4.69, 9.17) is 16.3 Å². The molecule has 4 nitrogen and oxygen atoms in total. The van der Waals surface area contributed by atoms with E-state index >= 15 is 0 Å². The number of hydrogen-bond acceptors (Lipinski definition) is 4. The zero-order valence-corrected chi connectivity index (χ0v) is 15.4. The van der Waals surface area contributed by atoms with Crippen molar-refractivity contribution < 1.29 is 13.5 Å². The van der Waals surface area contributed by atoms with Gasteiger partial charge in [0.05, 0.1) is 24.7 Å². The van der Waals surface area contributed by atoms with Crippen molar-refractivity contribution in [3.8, 4) is 0 Å². The first-order chi connectivity index (χ1) is 13.0. The van der Waals surface area contributed by atoms with Gasteiger partial charge in [-0.15, -0.1) is 0 Å². The summed E-state index contributed by atoms with van der Waals surface area (Å²) < 4.78 is 32.7. The fourth-order valence-corrected chi connectivity index (χ4v) is 3.55. The van der Waals surface area contributed by atoms with Crippen LogP contribution in [0.15, 0.2) is 48.5 Å². The lowest BCUT2D eigenvalue weighted by Crippen LogP contribution is -2.45. The Hall–Kier alpha value is -2.31. The average Bonchev–Trinajstić information content (AvgIpc) is 2.67. The molecule has 140 valence electrons. The molecule has 1 aromatic heterocycles. The molecule has 27 heavy (non-hydrogen) atoms. The number of ether oxygens (including phenoxy) is 1. The van der Waals surface area contributed by atoms with Crippen LogP contribution in [-0.2, 0) is 4.74 Å². The number of benzene rings is 2. The van der Waals surface area contributed by atoms with Gasteiger partial charge in [0.15, 0.2) is 5.82 Å². The van der Waals surface area contributed by atoms with Crippen LogP contribution in [0, 0.1) is 0 Å². The van der Waals surface area contributed by atoms with E-state index in [0.29, 0.717) is 29.5 Å². The molecule has 0 N–H and O–H groups in total. The average molecular weight is 390 g/mol. The van der Waals surface area contributed by atoms with Crippen molar-refractivity contribution in [1.29, 1.82) is 0 Å². The maximum absolute atomic E-state index is 13.3. The monoisotopic (exact) mass is 389 g/mol. The second-order valence-electron chi connectivity index (χ2n) is 6.60. The van der Waals surface area contributed by atoms with Crippen LogP contribution in [-0.4, -0.2) is 29.2 Å². The number of hydrogen-bond donors (Lipinski definition) is 0. The molecule has 0 radical (unpaired) electrons. The number of alkyl halides is 2. The van der Waals surface area contributed by atoms with E-state index in [1.807, 2.05) is 42.2 Å². The minimum absolute atomic E-state index is 0.00994. The van der Waals surface area contributed by atoms with E-state index in [9.17, 15) is 8.78 Å². The van der Waals surface area contributed by atoms with Crippen LogP contribution < -0.4 is 4.90 Å². The molecular weight excluding hydrogens is 372 g/mol. The highest BCUT2D eigenvalue weighted by molar-refractivity contribution is 6.30. The smallest absolute Gasteiger partial charge is 0.297 e. The lowest BCUT2D eigenvalue weighted by Gasteiger charge is -2.39. The van der Waals surface area contributed by atoms with Crippen LogP contribution in [0.5, 0.6) is 0 Å². The first-order valence-electron chi connectivity index (χ1n) is 8.71. The molecule has 1 aliphatic heterocycles. The molecular formula is C20H18ClF2N3O. The van der Waals surface area contributed by atoms with Crippen molar-refractivity contribution in [3.05, 3.63) is 64.9 Å². The Labute approximate surface area is 160 Å². The molecule has 2 atom stereocenters. The van der Waals surface area contributed by atoms with Crippen molar-refractivity contribution in [3.63, 3.8) is 0 Å². The van der Waals surface area contributed by atoms with Gasteiger partial charge in [-0.25, -0.2) is 18.7 Å². The van der Waals surface area contributed by atoms with E-state index in [1.54, 1.807) is 18.2 Å². The number of fused-ring (bicyclic) bond motifs is 1. The summed E-state index contributed by atoms with van der Waals surface area (Å²) in [6.45, 7) is 2.94. The van der Waals surface area contributed by atoms with E-state index in [2.05, 4.69) is 9.97 Å². The lowest BCUT2D eigenvalue weighted by atomic mass is 10.1. The van der Waals surface area contributed by atoms with Crippen molar-refractivity contribution in [2.75, 3.05) is 18.1 Å². The Morgan fingerprint density at radius 2 is 1.96 bits per heavy atom. The summed E-state index contributed by atoms with van der Waals surface area (Å²) in [5, 5.41) is 1.38. The number of aromatic nitrogens is 2. The van der Waals surface area contributed by atoms with Gasteiger partial charge in [-0.2, -0.15) is 0 Å². The molecule has 1 fully saturated rings. The van der Waals surface area contributed by atoms with Gasteiger partial charge in [0.2, 0.25) is 0 Å². The highest BCUT2D eigenvalue weighted by Gasteiger charge is 2.30. The molecule has 0 saturated carbocycles. The predicted molar refractivity (Wildman–Crippen MR) is 101 cm³/mol. The topological polar surface area (TPSA) is 38.2 Å². The summed E-state index contributed by atoms with van der Waals surface area (Å²) in [7, 11) is 0. The van der Waals surface area contributed by atoms with Crippen LogP contribution in [0.25, 0.3) is 10.9 Å². The fourth-order valence-electron chi connectivity index (χ4n) is 3.35. The lowest BCUT2D eigenvalue weighted by molar-refractivity contribution is 0.0213. The zero-order chi connectivity index (χ0) is 19.0. The molecule has 0 bridgehead atoms. The Kier molecular flexibility index (Phi) is 4.93. The summed E-state index contributed by atoms with van der Waals surface area (Å²) in [5.41, 5.74) is 1.46. The van der Waals surface area contributed by atoms with Gasteiger partial charge >= 0.3 is 0 Å². The second-order valence-corrected chi connectivity index (χ2v) is 7.04. The minimum atomic E-state index is -2.73. The van der Waals surface area contributed by atoms with Crippen molar-refractivity contribution in [2.45, 2.75) is 25.5 Å². The van der Waals surface area contributed by atoms with Gasteiger partial charge in [-0.1, -0.05) is 35.9 Å². The summed E-state index contributed by atoms with van der Waals surface area (Å²) in [5.74, 6) is 0.0559. The normalized spacial score (nSPS) is 20.4. The Bertz CT molecular complexity index is 969. The van der Waals surface area contributed by atoms with Crippen LogP contribution in [0.4, 0.5) is 14.6 Å². The molecule has 4 rings (SSSR count). The Balaban J connectivity index is 1.76. The van der Waals surface area contributed by atoms with Crippen LogP contribution in [0.3, 0.4) is 0 Å². The molecule has 2 heterocycles. The van der Waals surface area contributed by atoms with Gasteiger partial charge < -0.3 is 9.64 Å². The maximum Gasteiger partial charge on any atom is 0.297 e. The van der Waals surface area contributed by atoms with Crippen molar-refractivity contribution in [2.24, 2.45) is 0 Å². The van der Waals surface area contributed by atoms with Gasteiger partial charge in [-0.05, 0) is 36.8 Å². The molecule has 2 aromatic carbocycles. The summed E-state index contributed by atoms with van der Waals surface area (Å²) in [6.07, 6.45) is -2.95. The van der Waals surface area contributed by atoms with Crippen molar-refractivity contribution in [1.82, 2.24) is 9.97 Å². The molecule has 7 heteroatoms. The van der Waals surface area contributed by atoms with Gasteiger partial charge in [0.1, 0.15) is 11.9 Å². The first-order valence-corrected chi connectivity index (χ1v) is 9.09. The maximum atomic E-state index is 13.3. The van der Waals surface area contributed by atoms with E-state index in [0.717, 1.165) is 10.9 Å². The highest BCUT2D eigenvalue weighted by Crippen LogP contribution is 2.33. The molecule has 0 spiro atoms. The molecule has 0 aliphatic carbocycles. The van der Waals surface area contributed by atoms with Crippen LogP contribution in [0.2, 0.25) is 5.02 Å². The molecule has 2 unspecified atom stereocenters. The molecule has 3 aromatic rings. The van der Waals surface area contributed by atoms with E-state index in [-0.39, 0.29) is 12.1 Å². The molecule has 0 amide bonds. The predicted octanol–water partition coefficient (Wildman–Crippen LogP) is 5.19. The highest BCUT2D eigenvalue weighted by atomic mass is 35.5. The number of morpholine rings is 1. The molecule has 1 aliphatic rings. The number of halogens is 3. The summed E-state index contributed by atoms with van der Waals surface area (Å²) in [6, 6.07) is 14.7.